The Labute approximate surface area is 108 Å². The molecule has 0 aromatic heterocycles. The maximum Gasteiger partial charge on any atom is 0.228 e. The summed E-state index contributed by atoms with van der Waals surface area (Å²) in [6, 6.07) is 6.27. The normalized spacial score (nSPS) is 13.8. The van der Waals surface area contributed by atoms with Crippen LogP contribution in [0.25, 0.3) is 0 Å². The van der Waals surface area contributed by atoms with E-state index in [1.54, 1.807) is 0 Å². The molecule has 98 valence electrons. The average molecular weight is 247 g/mol. The van der Waals surface area contributed by atoms with Crippen LogP contribution in [-0.2, 0) is 17.6 Å². The molecule has 0 aliphatic carbocycles. The quantitative estimate of drug-likeness (QED) is 0.788. The number of aryl methyl sites for hydroxylation is 1. The van der Waals surface area contributed by atoms with E-state index in [0.717, 1.165) is 37.2 Å². The highest BCUT2D eigenvalue weighted by Gasteiger charge is 2.17. The molecule has 0 atom stereocenters. The lowest BCUT2D eigenvalue weighted by Crippen LogP contribution is -2.26. The third-order valence-electron chi connectivity index (χ3n) is 3.31. The van der Waals surface area contributed by atoms with Crippen molar-refractivity contribution < 1.29 is 4.79 Å². The van der Waals surface area contributed by atoms with Crippen LogP contribution < -0.4 is 11.1 Å². The molecule has 0 saturated heterocycles. The van der Waals surface area contributed by atoms with E-state index in [1.807, 2.05) is 6.07 Å². The summed E-state index contributed by atoms with van der Waals surface area (Å²) in [5.74, 6) is 0.102. The molecule has 1 aromatic rings. The molecule has 0 radical (unpaired) electrons. The first-order valence-electron chi connectivity index (χ1n) is 6.49. The summed E-state index contributed by atoms with van der Waals surface area (Å²) in [7, 11) is 2.10. The molecule has 4 heteroatoms. The van der Waals surface area contributed by atoms with Crippen molar-refractivity contribution in [1.82, 2.24) is 4.90 Å². The zero-order valence-corrected chi connectivity index (χ0v) is 10.9. The first-order valence-corrected chi connectivity index (χ1v) is 6.49. The largest absolute Gasteiger partial charge is 0.329 e. The molecule has 1 aliphatic heterocycles. The van der Waals surface area contributed by atoms with Crippen molar-refractivity contribution in [2.45, 2.75) is 19.3 Å². The van der Waals surface area contributed by atoms with Crippen molar-refractivity contribution >= 4 is 11.6 Å². The van der Waals surface area contributed by atoms with Crippen LogP contribution in [0.4, 0.5) is 5.69 Å². The van der Waals surface area contributed by atoms with Gasteiger partial charge < -0.3 is 16.0 Å². The van der Waals surface area contributed by atoms with E-state index in [9.17, 15) is 4.79 Å². The number of nitrogens with two attached hydrogens (primary N) is 1. The highest BCUT2D eigenvalue weighted by molar-refractivity contribution is 5.99. The lowest BCUT2D eigenvalue weighted by Gasteiger charge is -2.15. The number of carbonyl (C=O) groups excluding carboxylic acids is 1. The van der Waals surface area contributed by atoms with E-state index in [1.165, 1.54) is 5.56 Å². The third kappa shape index (κ3) is 3.31. The van der Waals surface area contributed by atoms with Gasteiger partial charge in [0.15, 0.2) is 0 Å². The summed E-state index contributed by atoms with van der Waals surface area (Å²) in [5.41, 5.74) is 8.93. The van der Waals surface area contributed by atoms with E-state index in [4.69, 9.17) is 5.73 Å². The zero-order valence-electron chi connectivity index (χ0n) is 10.9. The number of fused-ring (bicyclic) bond motifs is 1. The Kier molecular flexibility index (Phi) is 4.33. The second-order valence-corrected chi connectivity index (χ2v) is 4.91. The molecule has 18 heavy (non-hydrogen) atoms. The Morgan fingerprint density at radius 2 is 2.22 bits per heavy atom. The van der Waals surface area contributed by atoms with E-state index < -0.39 is 0 Å². The third-order valence-corrected chi connectivity index (χ3v) is 3.31. The fraction of sp³-hybridized carbons (Fsp3) is 0.500. The van der Waals surface area contributed by atoms with Crippen molar-refractivity contribution in [2.24, 2.45) is 5.73 Å². The molecule has 3 N–H and O–H groups in total. The lowest BCUT2D eigenvalue weighted by atomic mass is 10.0. The van der Waals surface area contributed by atoms with Crippen LogP contribution in [0, 0.1) is 0 Å². The number of nitrogens with zero attached hydrogens (tertiary/aromatic N) is 1. The summed E-state index contributed by atoms with van der Waals surface area (Å²) in [4.78, 5) is 13.5. The fourth-order valence-corrected chi connectivity index (χ4v) is 2.32. The summed E-state index contributed by atoms with van der Waals surface area (Å²) in [6.45, 7) is 2.72. The van der Waals surface area contributed by atoms with Crippen LogP contribution in [0.5, 0.6) is 0 Å². The number of carbonyl (C=O) groups is 1. The van der Waals surface area contributed by atoms with Crippen molar-refractivity contribution in [2.75, 3.05) is 32.0 Å². The van der Waals surface area contributed by atoms with Crippen molar-refractivity contribution in [1.29, 1.82) is 0 Å². The summed E-state index contributed by atoms with van der Waals surface area (Å²) < 4.78 is 0. The molecule has 0 spiro atoms. The molecule has 1 aromatic carbocycles. The van der Waals surface area contributed by atoms with Gasteiger partial charge in [-0.2, -0.15) is 0 Å². The predicted molar refractivity (Wildman–Crippen MR) is 73.6 cm³/mol. The fourth-order valence-electron chi connectivity index (χ4n) is 2.32. The van der Waals surface area contributed by atoms with Gasteiger partial charge in [0.2, 0.25) is 5.91 Å². The Bertz CT molecular complexity index is 431. The second-order valence-electron chi connectivity index (χ2n) is 4.91. The number of likely N-dealkylation sites (N-methyl/N-ethyl adjacent to an activating group) is 1. The van der Waals surface area contributed by atoms with E-state index in [2.05, 4.69) is 29.4 Å². The number of anilines is 1. The molecule has 0 unspecified atom stereocenters. The molecule has 1 amide bonds. The van der Waals surface area contributed by atoms with E-state index >= 15 is 0 Å². The van der Waals surface area contributed by atoms with Crippen LogP contribution >= 0.6 is 0 Å². The van der Waals surface area contributed by atoms with Gasteiger partial charge in [-0.15, -0.1) is 0 Å². The van der Waals surface area contributed by atoms with Gasteiger partial charge in [0.25, 0.3) is 0 Å². The van der Waals surface area contributed by atoms with Crippen molar-refractivity contribution in [3.05, 3.63) is 29.3 Å². The number of hydrogen-bond donors (Lipinski definition) is 2. The van der Waals surface area contributed by atoms with Gasteiger partial charge in [0.1, 0.15) is 0 Å². The minimum atomic E-state index is 0.102. The van der Waals surface area contributed by atoms with Gasteiger partial charge >= 0.3 is 0 Å². The SMILES string of the molecule is CN(CCN)CCCc1ccc2c(c1)CC(=O)N2. The standard InChI is InChI=1S/C14H21N3O/c1-17(8-6-15)7-2-3-11-4-5-13-12(9-11)10-14(18)16-13/h4-5,9H,2-3,6-8,10,15H2,1H3,(H,16,18). The molecule has 1 aliphatic rings. The van der Waals surface area contributed by atoms with Gasteiger partial charge in [-0.05, 0) is 43.6 Å². The van der Waals surface area contributed by atoms with E-state index in [0.29, 0.717) is 13.0 Å². The van der Waals surface area contributed by atoms with Crippen LogP contribution in [0.1, 0.15) is 17.5 Å². The lowest BCUT2D eigenvalue weighted by molar-refractivity contribution is -0.115. The first kappa shape index (κ1) is 13.1. The topological polar surface area (TPSA) is 58.4 Å². The van der Waals surface area contributed by atoms with Crippen molar-refractivity contribution in [3.63, 3.8) is 0 Å². The molecule has 2 rings (SSSR count). The van der Waals surface area contributed by atoms with Gasteiger partial charge in [0.05, 0.1) is 6.42 Å². The van der Waals surface area contributed by atoms with Gasteiger partial charge in [0, 0.05) is 18.8 Å². The molecule has 0 bridgehead atoms. The highest BCUT2D eigenvalue weighted by atomic mass is 16.1. The number of nitrogens with one attached hydrogen (secondary N) is 1. The van der Waals surface area contributed by atoms with Gasteiger partial charge in [-0.25, -0.2) is 0 Å². The maximum absolute atomic E-state index is 11.3. The van der Waals surface area contributed by atoms with Crippen LogP contribution in [0.2, 0.25) is 0 Å². The average Bonchev–Trinajstić information content (AvgIpc) is 2.69. The Morgan fingerprint density at radius 3 is 3.00 bits per heavy atom. The molecule has 0 saturated carbocycles. The number of amides is 1. The van der Waals surface area contributed by atoms with Crippen LogP contribution in [0.3, 0.4) is 0 Å². The highest BCUT2D eigenvalue weighted by Crippen LogP contribution is 2.24. The van der Waals surface area contributed by atoms with E-state index in [-0.39, 0.29) is 5.91 Å². The molecule has 1 heterocycles. The smallest absolute Gasteiger partial charge is 0.228 e. The summed E-state index contributed by atoms with van der Waals surface area (Å²) in [6.07, 6.45) is 2.70. The molecular formula is C14H21N3O. The van der Waals surface area contributed by atoms with Gasteiger partial charge in [-0.3, -0.25) is 4.79 Å². The Hall–Kier alpha value is -1.39. The molecular weight excluding hydrogens is 226 g/mol. The minimum Gasteiger partial charge on any atom is -0.329 e. The molecule has 4 nitrogen and oxygen atoms in total. The van der Waals surface area contributed by atoms with Crippen LogP contribution in [-0.4, -0.2) is 37.5 Å². The number of hydrogen-bond acceptors (Lipinski definition) is 3. The Morgan fingerprint density at radius 1 is 1.39 bits per heavy atom. The predicted octanol–water partition coefficient (Wildman–Crippen LogP) is 1.00. The maximum atomic E-state index is 11.3. The molecule has 0 fully saturated rings. The van der Waals surface area contributed by atoms with Crippen molar-refractivity contribution in [3.8, 4) is 0 Å². The summed E-state index contributed by atoms with van der Waals surface area (Å²) in [5, 5.41) is 2.85. The number of rotatable bonds is 6. The van der Waals surface area contributed by atoms with Gasteiger partial charge in [-0.1, -0.05) is 12.1 Å². The minimum absolute atomic E-state index is 0.102. The first-order chi connectivity index (χ1) is 8.69. The monoisotopic (exact) mass is 247 g/mol. The zero-order chi connectivity index (χ0) is 13.0. The Balaban J connectivity index is 1.84. The second kappa shape index (κ2) is 5.98. The summed E-state index contributed by atoms with van der Waals surface area (Å²) >= 11 is 0. The van der Waals surface area contributed by atoms with Crippen LogP contribution in [0.15, 0.2) is 18.2 Å². The number of benzene rings is 1.